The molecular formula is C28H31F2N3O5. The average molecular weight is 528 g/mol. The van der Waals surface area contributed by atoms with E-state index in [0.29, 0.717) is 24.8 Å². The summed E-state index contributed by atoms with van der Waals surface area (Å²) in [5, 5.41) is 2.92. The lowest BCUT2D eigenvalue weighted by atomic mass is 9.95. The van der Waals surface area contributed by atoms with Gasteiger partial charge in [0, 0.05) is 50.7 Å². The number of nitrogens with one attached hydrogen (secondary N) is 1. The molecule has 0 bridgehead atoms. The molecule has 8 nitrogen and oxygen atoms in total. The van der Waals surface area contributed by atoms with Crippen molar-refractivity contribution in [3.63, 3.8) is 0 Å². The second-order valence-corrected chi connectivity index (χ2v) is 10.1. The zero-order valence-electron chi connectivity index (χ0n) is 21.3. The Balaban J connectivity index is 1.35. The Labute approximate surface area is 219 Å². The minimum atomic E-state index is -1.09. The van der Waals surface area contributed by atoms with Gasteiger partial charge in [0.15, 0.2) is 0 Å². The van der Waals surface area contributed by atoms with Crippen LogP contribution in [0.2, 0.25) is 0 Å². The minimum Gasteiger partial charge on any atom is -0.376 e. The van der Waals surface area contributed by atoms with Crippen LogP contribution in [-0.4, -0.2) is 78.2 Å². The molecule has 1 N–H and O–H groups in total. The van der Waals surface area contributed by atoms with E-state index in [1.54, 1.807) is 18.2 Å². The topological polar surface area (TPSA) is 88.2 Å². The smallest absolute Gasteiger partial charge is 0.256 e. The monoisotopic (exact) mass is 527 g/mol. The van der Waals surface area contributed by atoms with Gasteiger partial charge in [-0.3, -0.25) is 19.3 Å². The van der Waals surface area contributed by atoms with Gasteiger partial charge in [0.2, 0.25) is 5.91 Å². The molecule has 3 fully saturated rings. The van der Waals surface area contributed by atoms with Crippen LogP contribution in [-0.2, 0) is 14.3 Å². The van der Waals surface area contributed by atoms with Crippen molar-refractivity contribution in [2.45, 2.75) is 50.5 Å². The quantitative estimate of drug-likeness (QED) is 0.646. The minimum absolute atomic E-state index is 0.0233. The van der Waals surface area contributed by atoms with Crippen LogP contribution >= 0.6 is 0 Å². The summed E-state index contributed by atoms with van der Waals surface area (Å²) in [6.45, 7) is 3.30. The fraction of sp³-hybridized carbons (Fsp3) is 0.464. The molecule has 3 heterocycles. The predicted octanol–water partition coefficient (Wildman–Crippen LogP) is 3.04. The first-order valence-electron chi connectivity index (χ1n) is 13.0. The van der Waals surface area contributed by atoms with Crippen LogP contribution in [0.3, 0.4) is 0 Å². The van der Waals surface area contributed by atoms with Gasteiger partial charge in [-0.05, 0) is 44.0 Å². The SMILES string of the molecule is Cc1cccc(C(=O)N2[C@@H](C(=O)NC[C@@H]3CCCO3)COC23CCN(C(=O)c2ccc(F)cc2F)CC3)c1. The number of hydrogen-bond acceptors (Lipinski definition) is 5. The van der Waals surface area contributed by atoms with E-state index in [4.69, 9.17) is 9.47 Å². The molecule has 0 unspecified atom stereocenters. The van der Waals surface area contributed by atoms with Gasteiger partial charge in [0.25, 0.3) is 11.8 Å². The largest absolute Gasteiger partial charge is 0.376 e. The van der Waals surface area contributed by atoms with E-state index in [2.05, 4.69) is 5.32 Å². The summed E-state index contributed by atoms with van der Waals surface area (Å²) >= 11 is 0. The third-order valence-electron chi connectivity index (χ3n) is 7.57. The van der Waals surface area contributed by atoms with Crippen LogP contribution in [0.5, 0.6) is 0 Å². The molecule has 1 spiro atoms. The molecule has 3 amide bonds. The standard InChI is InChI=1S/C28H31F2N3O5/c1-18-4-2-5-19(14-18)26(35)33-24(25(34)31-16-21-6-3-13-37-21)17-38-28(33)9-11-32(12-10-28)27(36)22-8-7-20(29)15-23(22)30/h2,4-5,7-8,14-15,21,24H,3,6,9-13,16-17H2,1H3,(H,31,34)/t21-,24+/m0/s1. The van der Waals surface area contributed by atoms with Crippen molar-refractivity contribution >= 4 is 17.7 Å². The van der Waals surface area contributed by atoms with Crippen molar-refractivity contribution in [1.82, 2.24) is 15.1 Å². The van der Waals surface area contributed by atoms with Crippen LogP contribution in [0.25, 0.3) is 0 Å². The maximum absolute atomic E-state index is 14.2. The average Bonchev–Trinajstić information content (AvgIpc) is 3.55. The number of likely N-dealkylation sites (tertiary alicyclic amines) is 1. The second kappa shape index (κ2) is 10.8. The Kier molecular flexibility index (Phi) is 7.45. The summed E-state index contributed by atoms with van der Waals surface area (Å²) in [7, 11) is 0. The van der Waals surface area contributed by atoms with Crippen molar-refractivity contribution in [3.8, 4) is 0 Å². The fourth-order valence-corrected chi connectivity index (χ4v) is 5.51. The first kappa shape index (κ1) is 26.2. The highest BCUT2D eigenvalue weighted by molar-refractivity contribution is 5.99. The van der Waals surface area contributed by atoms with E-state index in [9.17, 15) is 23.2 Å². The lowest BCUT2D eigenvalue weighted by Crippen LogP contribution is -2.60. The number of amides is 3. The first-order valence-corrected chi connectivity index (χ1v) is 13.0. The van der Waals surface area contributed by atoms with Crippen LogP contribution in [0.1, 0.15) is 52.0 Å². The van der Waals surface area contributed by atoms with Crippen LogP contribution < -0.4 is 5.32 Å². The number of nitrogens with zero attached hydrogens (tertiary/aromatic N) is 2. The Morgan fingerprint density at radius 1 is 1.08 bits per heavy atom. The van der Waals surface area contributed by atoms with E-state index in [-0.39, 0.29) is 56.0 Å². The third-order valence-corrected chi connectivity index (χ3v) is 7.57. The second-order valence-electron chi connectivity index (χ2n) is 10.1. The van der Waals surface area contributed by atoms with Crippen molar-refractivity contribution < 1.29 is 32.6 Å². The van der Waals surface area contributed by atoms with E-state index in [1.807, 2.05) is 13.0 Å². The number of hydrogen-bond donors (Lipinski definition) is 1. The lowest BCUT2D eigenvalue weighted by Gasteiger charge is -2.44. The van der Waals surface area contributed by atoms with Gasteiger partial charge in [-0.15, -0.1) is 0 Å². The van der Waals surface area contributed by atoms with E-state index < -0.39 is 29.3 Å². The summed E-state index contributed by atoms with van der Waals surface area (Å²) in [5.41, 5.74) is 0.0451. The number of rotatable bonds is 5. The Morgan fingerprint density at radius 3 is 2.55 bits per heavy atom. The van der Waals surface area contributed by atoms with Gasteiger partial charge >= 0.3 is 0 Å². The van der Waals surface area contributed by atoms with Gasteiger partial charge in [-0.2, -0.15) is 0 Å². The molecule has 3 saturated heterocycles. The molecule has 2 aromatic rings. The molecule has 0 aromatic heterocycles. The normalized spacial score (nSPS) is 22.6. The van der Waals surface area contributed by atoms with E-state index in [1.165, 1.54) is 9.80 Å². The van der Waals surface area contributed by atoms with Crippen molar-refractivity contribution in [1.29, 1.82) is 0 Å². The summed E-state index contributed by atoms with van der Waals surface area (Å²) in [4.78, 5) is 43.1. The molecule has 3 aliphatic heterocycles. The Bertz CT molecular complexity index is 1220. The van der Waals surface area contributed by atoms with Crippen LogP contribution in [0, 0.1) is 18.6 Å². The summed E-state index contributed by atoms with van der Waals surface area (Å²) < 4.78 is 39.4. The molecule has 202 valence electrons. The van der Waals surface area contributed by atoms with Crippen LogP contribution in [0.4, 0.5) is 8.78 Å². The van der Waals surface area contributed by atoms with Crippen molar-refractivity contribution in [3.05, 3.63) is 70.8 Å². The molecule has 2 aromatic carbocycles. The van der Waals surface area contributed by atoms with Crippen molar-refractivity contribution in [2.75, 3.05) is 32.8 Å². The highest BCUT2D eigenvalue weighted by atomic mass is 19.1. The maximum atomic E-state index is 14.2. The highest BCUT2D eigenvalue weighted by Gasteiger charge is 2.54. The number of aryl methyl sites for hydroxylation is 1. The molecular weight excluding hydrogens is 496 g/mol. The number of ether oxygens (including phenoxy) is 2. The third kappa shape index (κ3) is 5.15. The zero-order chi connectivity index (χ0) is 26.9. The number of halogens is 2. The first-order chi connectivity index (χ1) is 18.3. The number of piperidine rings is 1. The number of benzene rings is 2. The van der Waals surface area contributed by atoms with E-state index >= 15 is 0 Å². The van der Waals surface area contributed by atoms with Crippen LogP contribution in [0.15, 0.2) is 42.5 Å². The molecule has 2 atom stereocenters. The Hall–Kier alpha value is -3.37. The summed E-state index contributed by atoms with van der Waals surface area (Å²) in [5.74, 6) is -2.88. The fourth-order valence-electron chi connectivity index (χ4n) is 5.51. The molecule has 5 rings (SSSR count). The predicted molar refractivity (Wildman–Crippen MR) is 133 cm³/mol. The molecule has 3 aliphatic rings. The van der Waals surface area contributed by atoms with Crippen molar-refractivity contribution in [2.24, 2.45) is 0 Å². The lowest BCUT2D eigenvalue weighted by molar-refractivity contribution is -0.128. The number of carbonyl (C=O) groups is 3. The van der Waals surface area contributed by atoms with Gasteiger partial charge in [0.1, 0.15) is 23.4 Å². The molecule has 38 heavy (non-hydrogen) atoms. The molecule has 0 radical (unpaired) electrons. The van der Waals surface area contributed by atoms with E-state index in [0.717, 1.165) is 30.5 Å². The summed E-state index contributed by atoms with van der Waals surface area (Å²) in [6.07, 6.45) is 2.27. The van der Waals surface area contributed by atoms with Gasteiger partial charge < -0.3 is 19.7 Å². The van der Waals surface area contributed by atoms with Gasteiger partial charge in [-0.25, -0.2) is 8.78 Å². The number of carbonyl (C=O) groups excluding carboxylic acids is 3. The molecule has 0 saturated carbocycles. The molecule has 0 aliphatic carbocycles. The Morgan fingerprint density at radius 2 is 1.87 bits per heavy atom. The zero-order valence-corrected chi connectivity index (χ0v) is 21.3. The van der Waals surface area contributed by atoms with Gasteiger partial charge in [0.05, 0.1) is 18.3 Å². The van der Waals surface area contributed by atoms with Gasteiger partial charge in [-0.1, -0.05) is 17.7 Å². The maximum Gasteiger partial charge on any atom is 0.256 e. The molecule has 10 heteroatoms. The summed E-state index contributed by atoms with van der Waals surface area (Å²) in [6, 6.07) is 9.16. The highest BCUT2D eigenvalue weighted by Crippen LogP contribution is 2.39.